The molecule has 0 aliphatic carbocycles. The minimum atomic E-state index is 0.258. The standard InChI is InChI=1S/C9H21NO/c1-8(9(2,3)4)11-7-6-10-5/h8,10H,6-7H2,1-5H3. The zero-order valence-electron chi connectivity index (χ0n) is 8.40. The maximum Gasteiger partial charge on any atom is 0.0595 e. The minimum Gasteiger partial charge on any atom is -0.377 e. The number of hydrogen-bond donors (Lipinski definition) is 1. The molecule has 1 unspecified atom stereocenters. The molecule has 0 amide bonds. The lowest BCUT2D eigenvalue weighted by Crippen LogP contribution is -2.28. The van der Waals surface area contributed by atoms with Crippen molar-refractivity contribution in [2.75, 3.05) is 20.2 Å². The normalized spacial score (nSPS) is 15.0. The zero-order valence-corrected chi connectivity index (χ0v) is 8.40. The number of ether oxygens (including phenoxy) is 1. The van der Waals surface area contributed by atoms with Crippen LogP contribution in [-0.2, 0) is 4.74 Å². The first-order valence-corrected chi connectivity index (χ1v) is 4.24. The highest BCUT2D eigenvalue weighted by Gasteiger charge is 2.19. The van der Waals surface area contributed by atoms with Gasteiger partial charge in [0, 0.05) is 6.54 Å². The van der Waals surface area contributed by atoms with Crippen LogP contribution in [-0.4, -0.2) is 26.3 Å². The molecule has 0 aromatic rings. The van der Waals surface area contributed by atoms with Crippen LogP contribution < -0.4 is 5.32 Å². The van der Waals surface area contributed by atoms with Gasteiger partial charge in [-0.25, -0.2) is 0 Å². The van der Waals surface area contributed by atoms with E-state index in [9.17, 15) is 0 Å². The second kappa shape index (κ2) is 4.73. The summed E-state index contributed by atoms with van der Waals surface area (Å²) in [7, 11) is 1.94. The Kier molecular flexibility index (Phi) is 4.69. The van der Waals surface area contributed by atoms with Crippen molar-refractivity contribution in [3.63, 3.8) is 0 Å². The second-order valence-electron chi connectivity index (χ2n) is 3.98. The molecule has 0 saturated carbocycles. The molecule has 1 N–H and O–H groups in total. The van der Waals surface area contributed by atoms with Crippen LogP contribution in [0.15, 0.2) is 0 Å². The molecular formula is C9H21NO. The first-order chi connectivity index (χ1) is 4.98. The fraction of sp³-hybridized carbons (Fsp3) is 1.00. The number of rotatable bonds is 4. The van der Waals surface area contributed by atoms with Crippen molar-refractivity contribution in [2.45, 2.75) is 33.8 Å². The van der Waals surface area contributed by atoms with Gasteiger partial charge >= 0.3 is 0 Å². The molecule has 0 aliphatic heterocycles. The topological polar surface area (TPSA) is 21.3 Å². The Morgan fingerprint density at radius 2 is 1.91 bits per heavy atom. The smallest absolute Gasteiger partial charge is 0.0595 e. The molecule has 0 aliphatic rings. The van der Waals surface area contributed by atoms with Crippen LogP contribution in [0.5, 0.6) is 0 Å². The largest absolute Gasteiger partial charge is 0.377 e. The predicted octanol–water partition coefficient (Wildman–Crippen LogP) is 1.66. The highest BCUT2D eigenvalue weighted by Crippen LogP contribution is 2.21. The van der Waals surface area contributed by atoms with E-state index in [1.54, 1.807) is 0 Å². The van der Waals surface area contributed by atoms with Gasteiger partial charge in [0.2, 0.25) is 0 Å². The maximum atomic E-state index is 5.58. The van der Waals surface area contributed by atoms with E-state index in [4.69, 9.17) is 4.74 Å². The first-order valence-electron chi connectivity index (χ1n) is 4.24. The quantitative estimate of drug-likeness (QED) is 0.630. The van der Waals surface area contributed by atoms with E-state index in [1.807, 2.05) is 7.05 Å². The first kappa shape index (κ1) is 10.9. The molecule has 0 fully saturated rings. The van der Waals surface area contributed by atoms with Gasteiger partial charge < -0.3 is 10.1 Å². The van der Waals surface area contributed by atoms with Crippen molar-refractivity contribution in [3.05, 3.63) is 0 Å². The molecule has 2 heteroatoms. The SMILES string of the molecule is CNCCOC(C)C(C)(C)C. The van der Waals surface area contributed by atoms with Crippen LogP contribution in [0, 0.1) is 5.41 Å². The molecule has 0 rings (SSSR count). The van der Waals surface area contributed by atoms with E-state index in [-0.39, 0.29) is 5.41 Å². The van der Waals surface area contributed by atoms with Crippen LogP contribution >= 0.6 is 0 Å². The molecule has 11 heavy (non-hydrogen) atoms. The Morgan fingerprint density at radius 3 is 2.27 bits per heavy atom. The highest BCUT2D eigenvalue weighted by molar-refractivity contribution is 4.69. The summed E-state index contributed by atoms with van der Waals surface area (Å²) >= 11 is 0. The van der Waals surface area contributed by atoms with Gasteiger partial charge in [0.15, 0.2) is 0 Å². The van der Waals surface area contributed by atoms with E-state index in [2.05, 4.69) is 33.0 Å². The van der Waals surface area contributed by atoms with E-state index in [1.165, 1.54) is 0 Å². The van der Waals surface area contributed by atoms with Crippen LogP contribution in [0.1, 0.15) is 27.7 Å². The van der Waals surface area contributed by atoms with E-state index >= 15 is 0 Å². The van der Waals surface area contributed by atoms with Gasteiger partial charge in [-0.3, -0.25) is 0 Å². The number of nitrogens with one attached hydrogen (secondary N) is 1. The summed E-state index contributed by atoms with van der Waals surface area (Å²) in [4.78, 5) is 0. The van der Waals surface area contributed by atoms with Crippen LogP contribution in [0.2, 0.25) is 0 Å². The summed E-state index contributed by atoms with van der Waals surface area (Å²) in [5, 5.41) is 3.05. The Labute approximate surface area is 70.3 Å². The lowest BCUT2D eigenvalue weighted by molar-refractivity contribution is -0.00248. The molecule has 0 aromatic carbocycles. The van der Waals surface area contributed by atoms with Gasteiger partial charge in [0.25, 0.3) is 0 Å². The summed E-state index contributed by atoms with van der Waals surface area (Å²) in [6, 6.07) is 0. The third-order valence-corrected chi connectivity index (χ3v) is 1.94. The number of likely N-dealkylation sites (N-methyl/N-ethyl adjacent to an activating group) is 1. The molecular weight excluding hydrogens is 138 g/mol. The van der Waals surface area contributed by atoms with Gasteiger partial charge in [0.05, 0.1) is 12.7 Å². The highest BCUT2D eigenvalue weighted by atomic mass is 16.5. The monoisotopic (exact) mass is 159 g/mol. The summed E-state index contributed by atoms with van der Waals surface area (Å²) in [6.07, 6.45) is 0.329. The van der Waals surface area contributed by atoms with Crippen molar-refractivity contribution in [1.82, 2.24) is 5.32 Å². The zero-order chi connectivity index (χ0) is 8.91. The van der Waals surface area contributed by atoms with Crippen LogP contribution in [0.25, 0.3) is 0 Å². The molecule has 0 spiro atoms. The van der Waals surface area contributed by atoms with Crippen molar-refractivity contribution >= 4 is 0 Å². The molecule has 0 radical (unpaired) electrons. The van der Waals surface area contributed by atoms with Crippen molar-refractivity contribution < 1.29 is 4.74 Å². The average molecular weight is 159 g/mol. The predicted molar refractivity (Wildman–Crippen MR) is 48.8 cm³/mol. The van der Waals surface area contributed by atoms with E-state index < -0.39 is 0 Å². The fourth-order valence-electron chi connectivity index (χ4n) is 0.588. The van der Waals surface area contributed by atoms with Gasteiger partial charge in [-0.2, -0.15) is 0 Å². The summed E-state index contributed by atoms with van der Waals surface area (Å²) in [5.74, 6) is 0. The number of hydrogen-bond acceptors (Lipinski definition) is 2. The molecule has 1 atom stereocenters. The van der Waals surface area contributed by atoms with Crippen LogP contribution in [0.3, 0.4) is 0 Å². The van der Waals surface area contributed by atoms with Gasteiger partial charge in [0.1, 0.15) is 0 Å². The Morgan fingerprint density at radius 1 is 1.36 bits per heavy atom. The van der Waals surface area contributed by atoms with Gasteiger partial charge in [-0.05, 0) is 19.4 Å². The van der Waals surface area contributed by atoms with Crippen molar-refractivity contribution in [2.24, 2.45) is 5.41 Å². The van der Waals surface area contributed by atoms with Gasteiger partial charge in [-0.1, -0.05) is 20.8 Å². The van der Waals surface area contributed by atoms with E-state index in [0.29, 0.717) is 6.10 Å². The lowest BCUT2D eigenvalue weighted by Gasteiger charge is -2.27. The molecule has 2 nitrogen and oxygen atoms in total. The molecule has 0 heterocycles. The summed E-state index contributed by atoms with van der Waals surface area (Å²) < 4.78 is 5.58. The molecule has 0 saturated heterocycles. The summed E-state index contributed by atoms with van der Waals surface area (Å²) in [5.41, 5.74) is 0.258. The average Bonchev–Trinajstić information content (AvgIpc) is 1.86. The molecule has 68 valence electrons. The second-order valence-corrected chi connectivity index (χ2v) is 3.98. The lowest BCUT2D eigenvalue weighted by atomic mass is 9.90. The summed E-state index contributed by atoms with van der Waals surface area (Å²) in [6.45, 7) is 10.4. The minimum absolute atomic E-state index is 0.258. The fourth-order valence-corrected chi connectivity index (χ4v) is 0.588. The Balaban J connectivity index is 3.44. The van der Waals surface area contributed by atoms with Crippen LogP contribution in [0.4, 0.5) is 0 Å². The molecule has 0 aromatic heterocycles. The Hall–Kier alpha value is -0.0800. The van der Waals surface area contributed by atoms with Gasteiger partial charge in [-0.15, -0.1) is 0 Å². The molecule has 0 bridgehead atoms. The Bertz CT molecular complexity index is 96.2. The van der Waals surface area contributed by atoms with E-state index in [0.717, 1.165) is 13.2 Å². The van der Waals surface area contributed by atoms with Crippen molar-refractivity contribution in [3.8, 4) is 0 Å². The third-order valence-electron chi connectivity index (χ3n) is 1.94. The third kappa shape index (κ3) is 5.22. The van der Waals surface area contributed by atoms with Crippen molar-refractivity contribution in [1.29, 1.82) is 0 Å². The maximum absolute atomic E-state index is 5.58.